The normalized spacial score (nSPS) is 30.0. The van der Waals surface area contributed by atoms with Crippen LogP contribution in [0.25, 0.3) is 0 Å². The molecule has 1 heterocycles. The van der Waals surface area contributed by atoms with Crippen LogP contribution in [0.4, 0.5) is 4.79 Å². The zero-order valence-electron chi connectivity index (χ0n) is 13.1. The minimum Gasteiger partial charge on any atom is -0.353 e. The van der Waals surface area contributed by atoms with Crippen LogP contribution in [0.1, 0.15) is 45.4 Å². The van der Waals surface area contributed by atoms with Gasteiger partial charge in [0.05, 0.1) is 0 Å². The molecule has 0 aromatic heterocycles. The lowest BCUT2D eigenvalue weighted by molar-refractivity contribution is -0.428. The number of urea groups is 1. The average molecular weight is 309 g/mol. The van der Waals surface area contributed by atoms with Gasteiger partial charge in [-0.15, -0.1) is 0 Å². The fourth-order valence-corrected chi connectivity index (χ4v) is 2.87. The highest BCUT2D eigenvalue weighted by molar-refractivity contribution is 6.23. The van der Waals surface area contributed by atoms with E-state index in [2.05, 4.69) is 16.0 Å². The van der Waals surface area contributed by atoms with E-state index in [9.17, 15) is 14.4 Å². The van der Waals surface area contributed by atoms with E-state index in [0.29, 0.717) is 6.54 Å². The summed E-state index contributed by atoms with van der Waals surface area (Å²) in [4.78, 5) is 41.5. The molecule has 1 saturated carbocycles. The summed E-state index contributed by atoms with van der Waals surface area (Å²) in [7, 11) is 0. The maximum Gasteiger partial charge on any atom is 0.330 e. The number of aliphatic imine (C=N–C) groups is 1. The minimum absolute atomic E-state index is 0.0658. The molecule has 4 N–H and O–H groups in total. The van der Waals surface area contributed by atoms with Crippen LogP contribution in [0.5, 0.6) is 0 Å². The van der Waals surface area contributed by atoms with Crippen LogP contribution in [0.3, 0.4) is 0 Å². The molecule has 0 radical (unpaired) electrons. The quantitative estimate of drug-likeness (QED) is 0.556. The molecule has 1 aliphatic carbocycles. The van der Waals surface area contributed by atoms with Crippen LogP contribution in [-0.4, -0.2) is 47.6 Å². The van der Waals surface area contributed by atoms with Crippen LogP contribution in [-0.2, 0) is 9.59 Å². The summed E-state index contributed by atoms with van der Waals surface area (Å²) in [6.45, 7) is 2.31. The number of quaternary nitrogens is 1. The Kier molecular flexibility index (Phi) is 5.65. The first kappa shape index (κ1) is 16.6. The predicted octanol–water partition coefficient (Wildman–Crippen LogP) is 0.105. The molecule has 7 heteroatoms. The first-order valence-electron chi connectivity index (χ1n) is 8.07. The van der Waals surface area contributed by atoms with Crippen molar-refractivity contribution < 1.29 is 20.1 Å². The van der Waals surface area contributed by atoms with Gasteiger partial charge in [-0.05, 0) is 19.3 Å². The number of carbonyl (C=O) groups excluding carboxylic acids is 3. The van der Waals surface area contributed by atoms with Crippen molar-refractivity contribution in [3.63, 3.8) is 0 Å². The minimum atomic E-state index is -0.997. The Hall–Kier alpha value is -1.76. The monoisotopic (exact) mass is 309 g/mol. The first-order chi connectivity index (χ1) is 10.5. The number of barbiturate groups is 1. The molecule has 7 nitrogen and oxygen atoms in total. The molecule has 0 bridgehead atoms. The van der Waals surface area contributed by atoms with Gasteiger partial charge < -0.3 is 5.73 Å². The van der Waals surface area contributed by atoms with Crippen molar-refractivity contribution >= 4 is 24.1 Å². The number of hydrogen-bond acceptors (Lipinski definition) is 4. The Morgan fingerprint density at radius 3 is 2.73 bits per heavy atom. The van der Waals surface area contributed by atoms with Gasteiger partial charge in [-0.1, -0.05) is 19.8 Å². The molecular weight excluding hydrogens is 284 g/mol. The highest BCUT2D eigenvalue weighted by atomic mass is 16.2. The van der Waals surface area contributed by atoms with Gasteiger partial charge in [-0.25, -0.2) is 4.79 Å². The average Bonchev–Trinajstić information content (AvgIpc) is 2.48. The third-order valence-electron chi connectivity index (χ3n) is 4.32. The number of imide groups is 2. The fourth-order valence-electron chi connectivity index (χ4n) is 2.87. The van der Waals surface area contributed by atoms with Crippen molar-refractivity contribution in [3.05, 3.63) is 0 Å². The van der Waals surface area contributed by atoms with Gasteiger partial charge in [0, 0.05) is 19.2 Å². The van der Waals surface area contributed by atoms with Crippen molar-refractivity contribution in [3.8, 4) is 0 Å². The summed E-state index contributed by atoms with van der Waals surface area (Å²) < 4.78 is 0. The number of amides is 4. The summed E-state index contributed by atoms with van der Waals surface area (Å²) >= 11 is 0. The number of hydrogen-bond donors (Lipinski definition) is 2. The second-order valence-electron chi connectivity index (χ2n) is 6.03. The molecule has 2 fully saturated rings. The molecule has 3 atom stereocenters. The lowest BCUT2D eigenvalue weighted by atomic mass is 9.91. The van der Waals surface area contributed by atoms with E-state index >= 15 is 0 Å². The van der Waals surface area contributed by atoms with Gasteiger partial charge in [-0.3, -0.25) is 24.8 Å². The Morgan fingerprint density at radius 2 is 2.05 bits per heavy atom. The second kappa shape index (κ2) is 7.49. The highest BCUT2D eigenvalue weighted by Crippen LogP contribution is 2.19. The van der Waals surface area contributed by atoms with E-state index in [1.54, 1.807) is 0 Å². The number of unbranched alkanes of at least 4 members (excludes halogenated alkanes) is 1. The molecule has 4 amide bonds. The van der Waals surface area contributed by atoms with Crippen molar-refractivity contribution in [2.75, 3.05) is 6.54 Å². The summed E-state index contributed by atoms with van der Waals surface area (Å²) in [6, 6.07) is -0.332. The second-order valence-corrected chi connectivity index (χ2v) is 6.03. The van der Waals surface area contributed by atoms with Crippen molar-refractivity contribution in [1.82, 2.24) is 10.2 Å². The zero-order chi connectivity index (χ0) is 16.1. The molecule has 0 spiro atoms. The molecule has 1 aliphatic heterocycles. The number of rotatable bonds is 5. The number of nitrogens with zero attached hydrogens (tertiary/aromatic N) is 2. The van der Waals surface area contributed by atoms with Crippen LogP contribution in [0.15, 0.2) is 4.99 Å². The van der Waals surface area contributed by atoms with E-state index in [1.165, 1.54) is 6.21 Å². The largest absolute Gasteiger partial charge is 0.353 e. The van der Waals surface area contributed by atoms with Crippen molar-refractivity contribution in [2.24, 2.45) is 10.9 Å². The van der Waals surface area contributed by atoms with Crippen LogP contribution in [0, 0.1) is 5.92 Å². The van der Waals surface area contributed by atoms with Crippen LogP contribution < -0.4 is 11.1 Å². The molecule has 22 heavy (non-hydrogen) atoms. The van der Waals surface area contributed by atoms with Gasteiger partial charge in [0.25, 0.3) is 0 Å². The predicted molar refractivity (Wildman–Crippen MR) is 81.1 cm³/mol. The summed E-state index contributed by atoms with van der Waals surface area (Å²) in [5, 5.41) is 2.24. The van der Waals surface area contributed by atoms with Crippen molar-refractivity contribution in [1.29, 1.82) is 0 Å². The van der Waals surface area contributed by atoms with Gasteiger partial charge >= 0.3 is 6.03 Å². The van der Waals surface area contributed by atoms with Crippen LogP contribution in [0.2, 0.25) is 0 Å². The maximum absolute atomic E-state index is 12.3. The Labute approximate surface area is 130 Å². The van der Waals surface area contributed by atoms with Crippen molar-refractivity contribution in [2.45, 2.75) is 57.5 Å². The zero-order valence-corrected chi connectivity index (χ0v) is 13.1. The molecular formula is C15H25N4O3+. The lowest BCUT2D eigenvalue weighted by Crippen LogP contribution is -2.66. The van der Waals surface area contributed by atoms with Gasteiger partial charge in [0.2, 0.25) is 11.8 Å². The smallest absolute Gasteiger partial charge is 0.330 e. The molecule has 0 aromatic rings. The Balaban J connectivity index is 2.06. The van der Waals surface area contributed by atoms with E-state index in [4.69, 9.17) is 0 Å². The fraction of sp³-hybridized carbons (Fsp3) is 0.733. The van der Waals surface area contributed by atoms with Gasteiger partial charge in [0.15, 0.2) is 5.92 Å². The summed E-state index contributed by atoms with van der Waals surface area (Å²) in [6.07, 6.45) is 7.22. The molecule has 1 saturated heterocycles. The molecule has 0 unspecified atom stereocenters. The Morgan fingerprint density at radius 1 is 1.32 bits per heavy atom. The van der Waals surface area contributed by atoms with E-state index in [-0.39, 0.29) is 12.1 Å². The number of nitrogens with one attached hydrogen (secondary N) is 1. The Bertz CT molecular complexity index is 477. The SMILES string of the molecule is CCCCN1C(=O)NC(=O)[C@@H](C=N[C@@H]2CCCC[C@@H]2[NH3+])C1=O. The van der Waals surface area contributed by atoms with Gasteiger partial charge in [0.1, 0.15) is 12.1 Å². The van der Waals surface area contributed by atoms with E-state index < -0.39 is 23.8 Å². The van der Waals surface area contributed by atoms with E-state index in [1.807, 2.05) is 6.92 Å². The standard InChI is InChI=1S/C15H24N4O3/c1-2-3-8-19-14(21)10(13(20)18-15(19)22)9-17-12-7-5-4-6-11(12)16/h9-12H,2-8,16H2,1H3,(H,18,20,22)/p+1/t10-,11+,12-/m1/s1. The van der Waals surface area contributed by atoms with Gasteiger partial charge in [-0.2, -0.15) is 0 Å². The molecule has 2 aliphatic rings. The third-order valence-corrected chi connectivity index (χ3v) is 4.32. The number of carbonyl (C=O) groups is 3. The van der Waals surface area contributed by atoms with E-state index in [0.717, 1.165) is 43.4 Å². The maximum atomic E-state index is 12.3. The topological polar surface area (TPSA) is 106 Å². The third kappa shape index (κ3) is 3.71. The molecule has 2 rings (SSSR count). The van der Waals surface area contributed by atoms with Crippen LogP contribution >= 0.6 is 0 Å². The summed E-state index contributed by atoms with van der Waals surface area (Å²) in [5.74, 6) is -2.05. The highest BCUT2D eigenvalue weighted by Gasteiger charge is 2.39. The molecule has 122 valence electrons. The molecule has 0 aromatic carbocycles. The first-order valence-corrected chi connectivity index (χ1v) is 8.07. The lowest BCUT2D eigenvalue weighted by Gasteiger charge is -2.29. The summed E-state index contributed by atoms with van der Waals surface area (Å²) in [5.41, 5.74) is 4.08.